The van der Waals surface area contributed by atoms with Crippen molar-refractivity contribution in [2.75, 3.05) is 6.61 Å². The zero-order chi connectivity index (χ0) is 19.0. The molecule has 3 heteroatoms. The second kappa shape index (κ2) is 6.93. The number of aliphatic hydroxyl groups is 2. The standard InChI is InChI=1S/C24H25NO2/c1-16(27)24(2,15-26)25-14-18-13-23-19-8-4-3-7-17(19)11-12-22(23)21-10-6-5-9-20(18)21/h3-13,16,25-27H,14-15H2,1-2H3/t16-,24-/m1/s1. The summed E-state index contributed by atoms with van der Waals surface area (Å²) in [7, 11) is 0. The van der Waals surface area contributed by atoms with Crippen LogP contribution in [0.1, 0.15) is 19.4 Å². The van der Waals surface area contributed by atoms with Crippen LogP contribution in [-0.2, 0) is 6.54 Å². The minimum absolute atomic E-state index is 0.126. The van der Waals surface area contributed by atoms with Gasteiger partial charge >= 0.3 is 0 Å². The highest BCUT2D eigenvalue weighted by molar-refractivity contribution is 6.18. The number of hydrogen-bond donors (Lipinski definition) is 3. The number of rotatable bonds is 5. The van der Waals surface area contributed by atoms with Crippen LogP contribution in [-0.4, -0.2) is 28.5 Å². The van der Waals surface area contributed by atoms with Crippen LogP contribution >= 0.6 is 0 Å². The van der Waals surface area contributed by atoms with Gasteiger partial charge in [0.05, 0.1) is 18.2 Å². The average molecular weight is 359 g/mol. The van der Waals surface area contributed by atoms with Crippen LogP contribution in [0.5, 0.6) is 0 Å². The summed E-state index contributed by atoms with van der Waals surface area (Å²) in [5.41, 5.74) is 0.421. The van der Waals surface area contributed by atoms with Gasteiger partial charge in [-0.05, 0) is 57.8 Å². The van der Waals surface area contributed by atoms with Gasteiger partial charge in [0, 0.05) is 6.54 Å². The van der Waals surface area contributed by atoms with Crippen molar-refractivity contribution >= 4 is 32.3 Å². The molecule has 0 aliphatic rings. The molecule has 2 atom stereocenters. The summed E-state index contributed by atoms with van der Waals surface area (Å²) < 4.78 is 0. The van der Waals surface area contributed by atoms with E-state index in [0.29, 0.717) is 6.54 Å². The lowest BCUT2D eigenvalue weighted by Crippen LogP contribution is -2.53. The molecule has 4 aromatic rings. The summed E-state index contributed by atoms with van der Waals surface area (Å²) in [6.45, 7) is 3.99. The molecule has 3 N–H and O–H groups in total. The number of nitrogens with one attached hydrogen (secondary N) is 1. The minimum atomic E-state index is -0.741. The normalized spacial score (nSPS) is 15.3. The van der Waals surface area contributed by atoms with Crippen molar-refractivity contribution < 1.29 is 10.2 Å². The Morgan fingerprint density at radius 3 is 2.19 bits per heavy atom. The van der Waals surface area contributed by atoms with Gasteiger partial charge in [-0.15, -0.1) is 0 Å². The first-order valence-electron chi connectivity index (χ1n) is 9.39. The molecule has 0 spiro atoms. The number of benzene rings is 4. The Labute approximate surface area is 159 Å². The van der Waals surface area contributed by atoms with Gasteiger partial charge in [-0.25, -0.2) is 0 Å². The lowest BCUT2D eigenvalue weighted by Gasteiger charge is -2.32. The number of hydrogen-bond acceptors (Lipinski definition) is 3. The molecular formula is C24H25NO2. The smallest absolute Gasteiger partial charge is 0.0713 e. The van der Waals surface area contributed by atoms with Crippen molar-refractivity contribution in [3.63, 3.8) is 0 Å². The van der Waals surface area contributed by atoms with Gasteiger partial charge in [0.25, 0.3) is 0 Å². The predicted octanol–water partition coefficient (Wildman–Crippen LogP) is 4.37. The Morgan fingerprint density at radius 1 is 0.852 bits per heavy atom. The molecule has 27 heavy (non-hydrogen) atoms. The molecule has 138 valence electrons. The van der Waals surface area contributed by atoms with Crippen molar-refractivity contribution in [2.24, 2.45) is 0 Å². The fraction of sp³-hybridized carbons (Fsp3) is 0.250. The maximum Gasteiger partial charge on any atom is 0.0713 e. The summed E-state index contributed by atoms with van der Waals surface area (Å²) in [6, 6.07) is 23.5. The Hall–Kier alpha value is -2.46. The fourth-order valence-electron chi connectivity index (χ4n) is 3.72. The molecule has 0 unspecified atom stereocenters. The third kappa shape index (κ3) is 3.08. The highest BCUT2D eigenvalue weighted by atomic mass is 16.3. The lowest BCUT2D eigenvalue weighted by atomic mass is 9.92. The van der Waals surface area contributed by atoms with E-state index in [0.717, 1.165) is 5.56 Å². The highest BCUT2D eigenvalue weighted by Gasteiger charge is 2.28. The number of aliphatic hydroxyl groups excluding tert-OH is 2. The first kappa shape index (κ1) is 17.9. The zero-order valence-corrected chi connectivity index (χ0v) is 15.7. The Kier molecular flexibility index (Phi) is 4.60. The quantitative estimate of drug-likeness (QED) is 0.464. The molecule has 0 aliphatic heterocycles. The van der Waals surface area contributed by atoms with Gasteiger partial charge in [-0.2, -0.15) is 0 Å². The van der Waals surface area contributed by atoms with Crippen LogP contribution in [0.2, 0.25) is 0 Å². The van der Waals surface area contributed by atoms with E-state index in [1.807, 2.05) is 6.92 Å². The molecule has 0 saturated heterocycles. The average Bonchev–Trinajstić information content (AvgIpc) is 2.71. The lowest BCUT2D eigenvalue weighted by molar-refractivity contribution is 0.0404. The van der Waals surface area contributed by atoms with E-state index in [-0.39, 0.29) is 6.61 Å². The first-order chi connectivity index (χ1) is 13.0. The molecule has 4 rings (SSSR count). The molecule has 4 aromatic carbocycles. The maximum absolute atomic E-state index is 10.1. The van der Waals surface area contributed by atoms with Gasteiger partial charge in [-0.1, -0.05) is 60.7 Å². The first-order valence-corrected chi connectivity index (χ1v) is 9.39. The van der Waals surface area contributed by atoms with Crippen molar-refractivity contribution in [1.29, 1.82) is 0 Å². The molecular weight excluding hydrogens is 334 g/mol. The Morgan fingerprint density at radius 2 is 1.48 bits per heavy atom. The SMILES string of the molecule is C[C@@H](O)[C@@](C)(CO)NCc1cc2c3ccccc3ccc2c2ccccc12. The second-order valence-corrected chi connectivity index (χ2v) is 7.57. The van der Waals surface area contributed by atoms with Crippen molar-refractivity contribution in [3.05, 3.63) is 72.3 Å². The monoisotopic (exact) mass is 359 g/mol. The van der Waals surface area contributed by atoms with Crippen molar-refractivity contribution in [1.82, 2.24) is 5.32 Å². The fourth-order valence-corrected chi connectivity index (χ4v) is 3.72. The summed E-state index contributed by atoms with van der Waals surface area (Å²) >= 11 is 0. The van der Waals surface area contributed by atoms with Gasteiger partial charge in [0.15, 0.2) is 0 Å². The molecule has 0 aliphatic carbocycles. The van der Waals surface area contributed by atoms with Crippen LogP contribution in [0.3, 0.4) is 0 Å². The topological polar surface area (TPSA) is 52.5 Å². The van der Waals surface area contributed by atoms with Gasteiger partial charge in [-0.3, -0.25) is 0 Å². The molecule has 3 nitrogen and oxygen atoms in total. The molecule has 0 amide bonds. The molecule has 0 heterocycles. The third-order valence-corrected chi connectivity index (χ3v) is 5.79. The molecule has 0 bridgehead atoms. The Bertz CT molecular complexity index is 1120. The van der Waals surface area contributed by atoms with Gasteiger partial charge < -0.3 is 15.5 Å². The predicted molar refractivity (Wildman–Crippen MR) is 113 cm³/mol. The van der Waals surface area contributed by atoms with Crippen molar-refractivity contribution in [2.45, 2.75) is 32.0 Å². The van der Waals surface area contributed by atoms with Crippen LogP contribution in [0.4, 0.5) is 0 Å². The van der Waals surface area contributed by atoms with Crippen LogP contribution in [0.25, 0.3) is 32.3 Å². The summed E-state index contributed by atoms with van der Waals surface area (Å²) in [6.07, 6.45) is -0.657. The summed E-state index contributed by atoms with van der Waals surface area (Å²) in [4.78, 5) is 0. The third-order valence-electron chi connectivity index (χ3n) is 5.79. The van der Waals surface area contributed by atoms with Crippen LogP contribution in [0, 0.1) is 0 Å². The zero-order valence-electron chi connectivity index (χ0n) is 15.7. The second-order valence-electron chi connectivity index (χ2n) is 7.57. The van der Waals surface area contributed by atoms with Gasteiger partial charge in [0.2, 0.25) is 0 Å². The van der Waals surface area contributed by atoms with E-state index < -0.39 is 11.6 Å². The van der Waals surface area contributed by atoms with E-state index in [1.165, 1.54) is 32.3 Å². The molecule has 0 fully saturated rings. The van der Waals surface area contributed by atoms with E-state index in [9.17, 15) is 10.2 Å². The van der Waals surface area contributed by atoms with E-state index >= 15 is 0 Å². The van der Waals surface area contributed by atoms with Crippen molar-refractivity contribution in [3.8, 4) is 0 Å². The highest BCUT2D eigenvalue weighted by Crippen LogP contribution is 2.33. The van der Waals surface area contributed by atoms with E-state index in [2.05, 4.69) is 72.0 Å². The summed E-state index contributed by atoms with van der Waals surface area (Å²) in [5, 5.41) is 30.5. The Balaban J connectivity index is 1.92. The largest absolute Gasteiger partial charge is 0.394 e. The molecule has 0 saturated carbocycles. The van der Waals surface area contributed by atoms with Crippen LogP contribution < -0.4 is 5.32 Å². The molecule has 0 aromatic heterocycles. The van der Waals surface area contributed by atoms with Gasteiger partial charge in [0.1, 0.15) is 0 Å². The maximum atomic E-state index is 10.1. The van der Waals surface area contributed by atoms with E-state index in [4.69, 9.17) is 0 Å². The minimum Gasteiger partial charge on any atom is -0.394 e. The van der Waals surface area contributed by atoms with Crippen LogP contribution in [0.15, 0.2) is 66.7 Å². The van der Waals surface area contributed by atoms with E-state index in [1.54, 1.807) is 6.92 Å². The summed E-state index contributed by atoms with van der Waals surface area (Å²) in [5.74, 6) is 0. The number of fused-ring (bicyclic) bond motifs is 5. The molecule has 0 radical (unpaired) electrons.